The van der Waals surface area contributed by atoms with Gasteiger partial charge in [0.05, 0.1) is 13.7 Å². The normalized spacial score (nSPS) is 13.6. The maximum absolute atomic E-state index is 10.1. The molecule has 0 aliphatic heterocycles. The summed E-state index contributed by atoms with van der Waals surface area (Å²) in [6.45, 7) is 1.85. The predicted molar refractivity (Wildman–Crippen MR) is 36.1 cm³/mol. The lowest BCUT2D eigenvalue weighted by molar-refractivity contribution is -0.521. The summed E-state index contributed by atoms with van der Waals surface area (Å²) >= 11 is 0. The van der Waals surface area contributed by atoms with Crippen LogP contribution in [0.4, 0.5) is 0 Å². The minimum absolute atomic E-state index is 0.309. The van der Waals surface area contributed by atoms with Crippen LogP contribution < -0.4 is 0 Å². The van der Waals surface area contributed by atoms with Gasteiger partial charge in [-0.25, -0.2) is 0 Å². The molecular formula is C5H12N2O3. The molecule has 10 heavy (non-hydrogen) atoms. The minimum atomic E-state index is -0.579. The molecule has 1 unspecified atom stereocenters. The Kier molecular flexibility index (Phi) is 3.90. The summed E-state index contributed by atoms with van der Waals surface area (Å²) in [5.41, 5.74) is 0. The number of nitrogens with zero attached hydrogens (tertiary/aromatic N) is 2. The molecule has 0 aromatic rings. The van der Waals surface area contributed by atoms with Crippen LogP contribution >= 0.6 is 0 Å². The van der Waals surface area contributed by atoms with Gasteiger partial charge in [0.15, 0.2) is 0 Å². The molecule has 0 fully saturated rings. The van der Waals surface area contributed by atoms with Crippen molar-refractivity contribution in [3.05, 3.63) is 10.1 Å². The number of likely N-dealkylation sites (N-methyl/N-ethyl adjacent to an activating group) is 1. The second kappa shape index (κ2) is 4.19. The summed E-state index contributed by atoms with van der Waals surface area (Å²) in [5.74, 6) is 0. The molecule has 0 rings (SSSR count). The lowest BCUT2D eigenvalue weighted by Crippen LogP contribution is -2.31. The highest BCUT2D eigenvalue weighted by molar-refractivity contribution is 4.48. The Bertz CT molecular complexity index is 117. The molecule has 60 valence electrons. The Hall–Kier alpha value is -0.680. The Morgan fingerprint density at radius 2 is 2.30 bits per heavy atom. The van der Waals surface area contributed by atoms with Crippen LogP contribution in [-0.2, 0) is 4.84 Å². The zero-order valence-electron chi connectivity index (χ0n) is 6.40. The van der Waals surface area contributed by atoms with Crippen molar-refractivity contribution in [1.29, 1.82) is 0 Å². The zero-order chi connectivity index (χ0) is 8.15. The highest BCUT2D eigenvalue weighted by Crippen LogP contribution is 1.91. The van der Waals surface area contributed by atoms with Gasteiger partial charge < -0.3 is 4.84 Å². The van der Waals surface area contributed by atoms with E-state index < -0.39 is 6.04 Å². The summed E-state index contributed by atoms with van der Waals surface area (Å²) in [7, 11) is 3.13. The smallest absolute Gasteiger partial charge is 0.225 e. The van der Waals surface area contributed by atoms with Gasteiger partial charge in [-0.15, -0.1) is 0 Å². The summed E-state index contributed by atoms with van der Waals surface area (Å²) in [6.07, 6.45) is 0. The summed E-state index contributed by atoms with van der Waals surface area (Å²) in [4.78, 5) is 14.4. The first-order valence-corrected chi connectivity index (χ1v) is 2.96. The second-order valence-corrected chi connectivity index (χ2v) is 2.13. The monoisotopic (exact) mass is 148 g/mol. The fraction of sp³-hybridized carbons (Fsp3) is 1.00. The zero-order valence-corrected chi connectivity index (χ0v) is 6.40. The third-order valence-electron chi connectivity index (χ3n) is 1.19. The fourth-order valence-corrected chi connectivity index (χ4v) is 0.513. The summed E-state index contributed by atoms with van der Waals surface area (Å²) in [6, 6.07) is -0.579. The van der Waals surface area contributed by atoms with Gasteiger partial charge in [0.25, 0.3) is 0 Å². The van der Waals surface area contributed by atoms with Gasteiger partial charge in [-0.3, -0.25) is 10.1 Å². The van der Waals surface area contributed by atoms with E-state index in [4.69, 9.17) is 4.84 Å². The maximum Gasteiger partial charge on any atom is 0.225 e. The van der Waals surface area contributed by atoms with Crippen molar-refractivity contribution in [3.8, 4) is 0 Å². The molecule has 0 radical (unpaired) electrons. The number of hydroxylamine groups is 2. The molecule has 0 N–H and O–H groups in total. The molecule has 0 aromatic carbocycles. The third kappa shape index (κ3) is 3.37. The fourth-order valence-electron chi connectivity index (χ4n) is 0.513. The lowest BCUT2D eigenvalue weighted by Gasteiger charge is -2.13. The van der Waals surface area contributed by atoms with Crippen molar-refractivity contribution < 1.29 is 9.76 Å². The van der Waals surface area contributed by atoms with Gasteiger partial charge >= 0.3 is 0 Å². The van der Waals surface area contributed by atoms with E-state index >= 15 is 0 Å². The van der Waals surface area contributed by atoms with Gasteiger partial charge in [-0.05, 0) is 0 Å². The first-order chi connectivity index (χ1) is 4.57. The number of hydrogen-bond acceptors (Lipinski definition) is 4. The van der Waals surface area contributed by atoms with E-state index in [9.17, 15) is 10.1 Å². The highest BCUT2D eigenvalue weighted by atomic mass is 16.7. The molecule has 0 saturated carbocycles. The van der Waals surface area contributed by atoms with Crippen molar-refractivity contribution >= 4 is 0 Å². The standard InChI is InChI=1S/C5H12N2O3/c1-5(7(8)9)4-6(2)10-3/h5H,4H2,1-3H3. The van der Waals surface area contributed by atoms with Crippen LogP contribution in [0.25, 0.3) is 0 Å². The van der Waals surface area contributed by atoms with Gasteiger partial charge in [0.1, 0.15) is 0 Å². The molecule has 1 atom stereocenters. The molecule has 0 aliphatic carbocycles. The van der Waals surface area contributed by atoms with Crippen LogP contribution in [0.1, 0.15) is 6.92 Å². The lowest BCUT2D eigenvalue weighted by atomic mass is 10.4. The SMILES string of the molecule is CON(C)CC(C)[N+](=O)[O-]. The topological polar surface area (TPSA) is 55.6 Å². The van der Waals surface area contributed by atoms with E-state index in [0.29, 0.717) is 6.54 Å². The number of nitro groups is 1. The average Bonchev–Trinajstić information content (AvgIpc) is 1.87. The molecule has 0 amide bonds. The Labute approximate surface area is 59.7 Å². The molecule has 0 spiro atoms. The molecule has 5 heteroatoms. The van der Waals surface area contributed by atoms with Gasteiger partial charge in [-0.2, -0.15) is 5.06 Å². The Morgan fingerprint density at radius 1 is 1.80 bits per heavy atom. The van der Waals surface area contributed by atoms with Crippen molar-refractivity contribution in [2.24, 2.45) is 0 Å². The van der Waals surface area contributed by atoms with Crippen LogP contribution in [0.2, 0.25) is 0 Å². The van der Waals surface area contributed by atoms with Crippen molar-refractivity contribution in [2.45, 2.75) is 13.0 Å². The van der Waals surface area contributed by atoms with Crippen molar-refractivity contribution in [3.63, 3.8) is 0 Å². The third-order valence-corrected chi connectivity index (χ3v) is 1.19. The first-order valence-electron chi connectivity index (χ1n) is 2.96. The van der Waals surface area contributed by atoms with E-state index in [1.54, 1.807) is 7.05 Å². The molecule has 0 bridgehead atoms. The van der Waals surface area contributed by atoms with E-state index in [1.807, 2.05) is 0 Å². The van der Waals surface area contributed by atoms with Gasteiger partial charge in [0.2, 0.25) is 6.04 Å². The van der Waals surface area contributed by atoms with Crippen LogP contribution in [-0.4, -0.2) is 36.7 Å². The maximum atomic E-state index is 10.1. The van der Waals surface area contributed by atoms with Crippen LogP contribution in [0.5, 0.6) is 0 Å². The second-order valence-electron chi connectivity index (χ2n) is 2.13. The molecule has 0 aromatic heterocycles. The van der Waals surface area contributed by atoms with Crippen LogP contribution in [0, 0.1) is 10.1 Å². The van der Waals surface area contributed by atoms with Crippen molar-refractivity contribution in [1.82, 2.24) is 5.06 Å². The average molecular weight is 148 g/mol. The molecule has 5 nitrogen and oxygen atoms in total. The van der Waals surface area contributed by atoms with Gasteiger partial charge in [-0.1, -0.05) is 0 Å². The number of rotatable bonds is 4. The van der Waals surface area contributed by atoms with E-state index in [0.717, 1.165) is 0 Å². The van der Waals surface area contributed by atoms with E-state index in [-0.39, 0.29) is 4.92 Å². The first kappa shape index (κ1) is 9.32. The van der Waals surface area contributed by atoms with Crippen LogP contribution in [0.15, 0.2) is 0 Å². The highest BCUT2D eigenvalue weighted by Gasteiger charge is 2.14. The Balaban J connectivity index is 3.56. The summed E-state index contributed by atoms with van der Waals surface area (Å²) in [5, 5.41) is 11.5. The minimum Gasteiger partial charge on any atom is -0.302 e. The predicted octanol–water partition coefficient (Wildman–Crippen LogP) is 0.145. The van der Waals surface area contributed by atoms with Crippen LogP contribution in [0.3, 0.4) is 0 Å². The van der Waals surface area contributed by atoms with E-state index in [1.165, 1.54) is 19.1 Å². The quantitative estimate of drug-likeness (QED) is 0.420. The number of hydrogen-bond donors (Lipinski definition) is 0. The van der Waals surface area contributed by atoms with E-state index in [2.05, 4.69) is 0 Å². The Morgan fingerprint density at radius 3 is 2.60 bits per heavy atom. The molecule has 0 heterocycles. The summed E-state index contributed by atoms with van der Waals surface area (Å²) < 4.78 is 0. The molecule has 0 saturated heterocycles. The largest absolute Gasteiger partial charge is 0.302 e. The molecular weight excluding hydrogens is 136 g/mol. The van der Waals surface area contributed by atoms with Crippen molar-refractivity contribution in [2.75, 3.05) is 20.7 Å². The van der Waals surface area contributed by atoms with Gasteiger partial charge in [0, 0.05) is 18.9 Å². The molecule has 0 aliphatic rings.